The second-order valence-electron chi connectivity index (χ2n) is 8.53. The van der Waals surface area contributed by atoms with Crippen molar-refractivity contribution in [3.05, 3.63) is 0 Å². The Balaban J connectivity index is 1.89. The minimum atomic E-state index is -0.660. The van der Waals surface area contributed by atoms with Crippen LogP contribution in [0.4, 0.5) is 4.79 Å². The van der Waals surface area contributed by atoms with E-state index in [-0.39, 0.29) is 12.1 Å². The Morgan fingerprint density at radius 1 is 1.31 bits per heavy atom. The van der Waals surface area contributed by atoms with Crippen LogP contribution >= 0.6 is 0 Å². The van der Waals surface area contributed by atoms with E-state index in [0.29, 0.717) is 13.1 Å². The first-order valence-corrected chi connectivity index (χ1v) is 9.96. The first-order chi connectivity index (χ1) is 12.2. The SMILES string of the molecule is CCNC(=NCC1(O)CCCCC1)N1CCC(NC(=O)OC(C)(C)C)C1. The summed E-state index contributed by atoms with van der Waals surface area (Å²) in [5, 5.41) is 16.9. The van der Waals surface area contributed by atoms with E-state index in [1.807, 2.05) is 27.7 Å². The Morgan fingerprint density at radius 3 is 2.62 bits per heavy atom. The number of amides is 1. The third-order valence-electron chi connectivity index (χ3n) is 4.85. The van der Waals surface area contributed by atoms with Gasteiger partial charge in [-0.15, -0.1) is 0 Å². The Morgan fingerprint density at radius 2 is 2.00 bits per heavy atom. The standard InChI is InChI=1S/C19H36N4O3/c1-5-20-16(21-14-19(25)10-7-6-8-11-19)23-12-9-15(13-23)22-17(24)26-18(2,3)4/h15,25H,5-14H2,1-4H3,(H,20,21)(H,22,24). The zero-order chi connectivity index (χ0) is 19.2. The van der Waals surface area contributed by atoms with Crippen molar-refractivity contribution < 1.29 is 14.6 Å². The number of aliphatic hydroxyl groups is 1. The van der Waals surface area contributed by atoms with E-state index in [4.69, 9.17) is 9.73 Å². The summed E-state index contributed by atoms with van der Waals surface area (Å²) in [6.45, 7) is 10.4. The number of nitrogens with one attached hydrogen (secondary N) is 2. The minimum absolute atomic E-state index is 0.0477. The number of rotatable bonds is 4. The highest BCUT2D eigenvalue weighted by Crippen LogP contribution is 2.28. The van der Waals surface area contributed by atoms with Crippen molar-refractivity contribution in [1.29, 1.82) is 0 Å². The molecule has 150 valence electrons. The maximum Gasteiger partial charge on any atom is 0.407 e. The van der Waals surface area contributed by atoms with Crippen LogP contribution in [0, 0.1) is 0 Å². The van der Waals surface area contributed by atoms with Crippen molar-refractivity contribution in [2.75, 3.05) is 26.2 Å². The van der Waals surface area contributed by atoms with Crippen molar-refractivity contribution in [3.8, 4) is 0 Å². The second-order valence-corrected chi connectivity index (χ2v) is 8.53. The second kappa shape index (κ2) is 8.93. The fourth-order valence-corrected chi connectivity index (χ4v) is 3.56. The summed E-state index contributed by atoms with van der Waals surface area (Å²) in [4.78, 5) is 18.8. The first kappa shape index (κ1) is 20.8. The highest BCUT2D eigenvalue weighted by molar-refractivity contribution is 5.80. The molecule has 0 radical (unpaired) electrons. The van der Waals surface area contributed by atoms with Crippen LogP contribution < -0.4 is 10.6 Å². The molecular formula is C19H36N4O3. The van der Waals surface area contributed by atoms with Crippen molar-refractivity contribution in [2.45, 2.75) is 83.5 Å². The molecule has 26 heavy (non-hydrogen) atoms. The Kier molecular flexibility index (Phi) is 7.15. The molecule has 1 aliphatic carbocycles. The maximum absolute atomic E-state index is 12.0. The summed E-state index contributed by atoms with van der Waals surface area (Å²) in [7, 11) is 0. The summed E-state index contributed by atoms with van der Waals surface area (Å²) in [6.07, 6.45) is 5.51. The maximum atomic E-state index is 12.0. The van der Waals surface area contributed by atoms with Gasteiger partial charge in [0.25, 0.3) is 0 Å². The van der Waals surface area contributed by atoms with E-state index in [1.54, 1.807) is 0 Å². The predicted molar refractivity (Wildman–Crippen MR) is 103 cm³/mol. The molecule has 2 rings (SSSR count). The molecule has 1 saturated heterocycles. The van der Waals surface area contributed by atoms with Gasteiger partial charge in [0, 0.05) is 19.6 Å². The van der Waals surface area contributed by atoms with Crippen LogP contribution in [0.25, 0.3) is 0 Å². The average Bonchev–Trinajstić information content (AvgIpc) is 2.98. The Labute approximate surface area is 157 Å². The quantitative estimate of drug-likeness (QED) is 0.523. The average molecular weight is 369 g/mol. The van der Waals surface area contributed by atoms with Crippen LogP contribution in [-0.4, -0.2) is 65.5 Å². The molecule has 2 fully saturated rings. The lowest BCUT2D eigenvalue weighted by Gasteiger charge is -2.31. The molecule has 0 spiro atoms. The number of carbonyl (C=O) groups excluding carboxylic acids is 1. The van der Waals surface area contributed by atoms with Gasteiger partial charge in [0.2, 0.25) is 0 Å². The van der Waals surface area contributed by atoms with Gasteiger partial charge in [-0.2, -0.15) is 0 Å². The zero-order valence-corrected chi connectivity index (χ0v) is 16.8. The molecular weight excluding hydrogens is 332 g/mol. The Hall–Kier alpha value is -1.50. The number of nitrogens with zero attached hydrogens (tertiary/aromatic N) is 2. The third-order valence-corrected chi connectivity index (χ3v) is 4.85. The summed E-state index contributed by atoms with van der Waals surface area (Å²) in [5.74, 6) is 0.819. The van der Waals surface area contributed by atoms with Gasteiger partial charge in [-0.05, 0) is 47.0 Å². The van der Waals surface area contributed by atoms with Crippen LogP contribution in [0.15, 0.2) is 4.99 Å². The third kappa shape index (κ3) is 6.67. The van der Waals surface area contributed by atoms with E-state index in [1.165, 1.54) is 6.42 Å². The van der Waals surface area contributed by atoms with Crippen LogP contribution in [-0.2, 0) is 4.74 Å². The molecule has 1 saturated carbocycles. The lowest BCUT2D eigenvalue weighted by Crippen LogP contribution is -2.45. The van der Waals surface area contributed by atoms with Crippen LogP contribution in [0.5, 0.6) is 0 Å². The van der Waals surface area contributed by atoms with Gasteiger partial charge >= 0.3 is 6.09 Å². The molecule has 1 atom stereocenters. The molecule has 3 N–H and O–H groups in total. The Bertz CT molecular complexity index is 496. The molecule has 2 aliphatic rings. The number of hydrogen-bond donors (Lipinski definition) is 3. The molecule has 1 unspecified atom stereocenters. The summed E-state index contributed by atoms with van der Waals surface area (Å²) >= 11 is 0. The van der Waals surface area contributed by atoms with Gasteiger partial charge in [0.05, 0.1) is 18.2 Å². The van der Waals surface area contributed by atoms with Gasteiger partial charge in [0.15, 0.2) is 5.96 Å². The van der Waals surface area contributed by atoms with Gasteiger partial charge in [0.1, 0.15) is 5.60 Å². The molecule has 7 heteroatoms. The van der Waals surface area contributed by atoms with Crippen molar-refractivity contribution in [3.63, 3.8) is 0 Å². The number of carbonyl (C=O) groups is 1. The monoisotopic (exact) mass is 368 g/mol. The summed E-state index contributed by atoms with van der Waals surface area (Å²) < 4.78 is 5.34. The van der Waals surface area contributed by atoms with Crippen molar-refractivity contribution in [2.24, 2.45) is 4.99 Å². The largest absolute Gasteiger partial charge is 0.444 e. The fraction of sp³-hybridized carbons (Fsp3) is 0.895. The fourth-order valence-electron chi connectivity index (χ4n) is 3.56. The van der Waals surface area contributed by atoms with E-state index >= 15 is 0 Å². The number of hydrogen-bond acceptors (Lipinski definition) is 4. The molecule has 7 nitrogen and oxygen atoms in total. The highest BCUT2D eigenvalue weighted by Gasteiger charge is 2.31. The number of likely N-dealkylation sites (tertiary alicyclic amines) is 1. The first-order valence-electron chi connectivity index (χ1n) is 9.96. The van der Waals surface area contributed by atoms with Gasteiger partial charge in [-0.25, -0.2) is 4.79 Å². The van der Waals surface area contributed by atoms with E-state index < -0.39 is 11.2 Å². The number of alkyl carbamates (subject to hydrolysis) is 1. The van der Waals surface area contributed by atoms with Gasteiger partial charge in [-0.3, -0.25) is 4.99 Å². The molecule has 0 aromatic rings. The van der Waals surface area contributed by atoms with E-state index in [0.717, 1.165) is 51.2 Å². The highest BCUT2D eigenvalue weighted by atomic mass is 16.6. The molecule has 0 aromatic heterocycles. The number of ether oxygens (including phenoxy) is 1. The smallest absolute Gasteiger partial charge is 0.407 e. The molecule has 0 aromatic carbocycles. The normalized spacial score (nSPS) is 23.7. The van der Waals surface area contributed by atoms with Crippen molar-refractivity contribution >= 4 is 12.1 Å². The topological polar surface area (TPSA) is 86.2 Å². The number of aliphatic imine (C=N–C) groups is 1. The van der Waals surface area contributed by atoms with E-state index in [9.17, 15) is 9.90 Å². The summed E-state index contributed by atoms with van der Waals surface area (Å²) in [5.41, 5.74) is -1.15. The van der Waals surface area contributed by atoms with E-state index in [2.05, 4.69) is 15.5 Å². The lowest BCUT2D eigenvalue weighted by molar-refractivity contribution is 0.0130. The zero-order valence-electron chi connectivity index (χ0n) is 16.8. The van der Waals surface area contributed by atoms with Crippen molar-refractivity contribution in [1.82, 2.24) is 15.5 Å². The minimum Gasteiger partial charge on any atom is -0.444 e. The van der Waals surface area contributed by atoms with Gasteiger partial charge in [-0.1, -0.05) is 19.3 Å². The summed E-state index contributed by atoms with van der Waals surface area (Å²) in [6, 6.07) is 0.0477. The molecule has 0 bridgehead atoms. The predicted octanol–water partition coefficient (Wildman–Crippen LogP) is 2.25. The van der Waals surface area contributed by atoms with Crippen LogP contribution in [0.1, 0.15) is 66.2 Å². The molecule has 1 heterocycles. The van der Waals surface area contributed by atoms with Crippen LogP contribution in [0.3, 0.4) is 0 Å². The molecule has 1 amide bonds. The lowest BCUT2D eigenvalue weighted by atomic mass is 9.85. The molecule has 1 aliphatic heterocycles. The van der Waals surface area contributed by atoms with Gasteiger partial charge < -0.3 is 25.4 Å². The van der Waals surface area contributed by atoms with Crippen LogP contribution in [0.2, 0.25) is 0 Å². The number of guanidine groups is 1.